The van der Waals surface area contributed by atoms with Crippen LogP contribution in [0.4, 0.5) is 5.69 Å². The molecule has 2 N–H and O–H groups in total. The van der Waals surface area contributed by atoms with E-state index in [0.29, 0.717) is 5.69 Å². The molecule has 1 aromatic carbocycles. The highest BCUT2D eigenvalue weighted by Gasteiger charge is 2.16. The molecule has 4 heteroatoms. The Hall–Kier alpha value is -1.84. The SMILES string of the molecule is Cc1cc(C(C)(C)C)ccc1NC(=O)C(=O)O. The molecule has 1 amide bonds. The molecule has 1 aromatic rings. The maximum absolute atomic E-state index is 11.0. The first-order valence-electron chi connectivity index (χ1n) is 5.37. The second-order valence-corrected chi connectivity index (χ2v) is 5.04. The molecule has 4 nitrogen and oxygen atoms in total. The van der Waals surface area contributed by atoms with Crippen molar-refractivity contribution in [2.45, 2.75) is 33.1 Å². The number of hydrogen-bond acceptors (Lipinski definition) is 2. The fourth-order valence-corrected chi connectivity index (χ4v) is 1.45. The number of carboxylic acid groups (broad SMARTS) is 1. The van der Waals surface area contributed by atoms with Gasteiger partial charge in [0.15, 0.2) is 0 Å². The van der Waals surface area contributed by atoms with Crippen LogP contribution in [-0.4, -0.2) is 17.0 Å². The van der Waals surface area contributed by atoms with E-state index in [1.165, 1.54) is 0 Å². The minimum Gasteiger partial charge on any atom is -0.474 e. The van der Waals surface area contributed by atoms with E-state index in [1.54, 1.807) is 6.07 Å². The minimum atomic E-state index is -1.48. The van der Waals surface area contributed by atoms with E-state index in [4.69, 9.17) is 5.11 Å². The van der Waals surface area contributed by atoms with Crippen molar-refractivity contribution in [2.24, 2.45) is 0 Å². The topological polar surface area (TPSA) is 66.4 Å². The fourth-order valence-electron chi connectivity index (χ4n) is 1.45. The molecule has 0 saturated heterocycles. The maximum atomic E-state index is 11.0. The van der Waals surface area contributed by atoms with Gasteiger partial charge >= 0.3 is 11.9 Å². The number of carbonyl (C=O) groups excluding carboxylic acids is 1. The van der Waals surface area contributed by atoms with Crippen molar-refractivity contribution in [3.05, 3.63) is 29.3 Å². The molecule has 0 radical (unpaired) electrons. The molecular formula is C13H17NO3. The highest BCUT2D eigenvalue weighted by Crippen LogP contribution is 2.26. The van der Waals surface area contributed by atoms with E-state index >= 15 is 0 Å². The van der Waals surface area contributed by atoms with E-state index in [0.717, 1.165) is 11.1 Å². The summed E-state index contributed by atoms with van der Waals surface area (Å²) in [4.78, 5) is 21.5. The standard InChI is InChI=1S/C13H17NO3/c1-8-7-9(13(2,3)4)5-6-10(8)14-11(15)12(16)17/h5-7H,1-4H3,(H,14,15)(H,16,17). The first-order valence-corrected chi connectivity index (χ1v) is 5.37. The van der Waals surface area contributed by atoms with Crippen LogP contribution >= 0.6 is 0 Å². The van der Waals surface area contributed by atoms with Crippen molar-refractivity contribution < 1.29 is 14.7 Å². The second-order valence-electron chi connectivity index (χ2n) is 5.04. The van der Waals surface area contributed by atoms with Crippen LogP contribution in [0.5, 0.6) is 0 Å². The smallest absolute Gasteiger partial charge is 0.394 e. The average Bonchev–Trinajstić information content (AvgIpc) is 2.19. The van der Waals surface area contributed by atoms with E-state index in [9.17, 15) is 9.59 Å². The first-order chi connectivity index (χ1) is 7.71. The fraction of sp³-hybridized carbons (Fsp3) is 0.385. The lowest BCUT2D eigenvalue weighted by atomic mass is 9.86. The van der Waals surface area contributed by atoms with Crippen LogP contribution in [0.2, 0.25) is 0 Å². The summed E-state index contributed by atoms with van der Waals surface area (Å²) >= 11 is 0. The van der Waals surface area contributed by atoms with Crippen molar-refractivity contribution in [1.29, 1.82) is 0 Å². The van der Waals surface area contributed by atoms with Gasteiger partial charge in [-0.25, -0.2) is 4.79 Å². The van der Waals surface area contributed by atoms with E-state index in [2.05, 4.69) is 26.1 Å². The molecule has 92 valence electrons. The largest absolute Gasteiger partial charge is 0.474 e. The van der Waals surface area contributed by atoms with Crippen molar-refractivity contribution in [1.82, 2.24) is 0 Å². The molecule has 0 aliphatic heterocycles. The molecule has 0 aliphatic carbocycles. The Labute approximate surface area is 101 Å². The third-order valence-electron chi connectivity index (χ3n) is 2.53. The molecular weight excluding hydrogens is 218 g/mol. The Balaban J connectivity index is 2.99. The predicted molar refractivity (Wildman–Crippen MR) is 66.1 cm³/mol. The van der Waals surface area contributed by atoms with E-state index in [-0.39, 0.29) is 5.41 Å². The molecule has 17 heavy (non-hydrogen) atoms. The summed E-state index contributed by atoms with van der Waals surface area (Å²) in [6, 6.07) is 5.58. The molecule has 0 spiro atoms. The van der Waals surface area contributed by atoms with Gasteiger partial charge in [0.25, 0.3) is 0 Å². The molecule has 1 rings (SSSR count). The van der Waals surface area contributed by atoms with Gasteiger partial charge in [0.05, 0.1) is 0 Å². The Bertz CT molecular complexity index is 458. The molecule has 0 bridgehead atoms. The normalized spacial score (nSPS) is 11.1. The summed E-state index contributed by atoms with van der Waals surface area (Å²) in [6.07, 6.45) is 0. The molecule has 0 aromatic heterocycles. The van der Waals surface area contributed by atoms with Crippen molar-refractivity contribution in [2.75, 3.05) is 5.32 Å². The van der Waals surface area contributed by atoms with Crippen molar-refractivity contribution in [3.63, 3.8) is 0 Å². The van der Waals surface area contributed by atoms with Crippen LogP contribution in [0.25, 0.3) is 0 Å². The third kappa shape index (κ3) is 3.31. The summed E-state index contributed by atoms with van der Waals surface area (Å²) in [7, 11) is 0. The zero-order valence-corrected chi connectivity index (χ0v) is 10.5. The lowest BCUT2D eigenvalue weighted by molar-refractivity contribution is -0.147. The average molecular weight is 235 g/mol. The van der Waals surface area contributed by atoms with Gasteiger partial charge in [-0.2, -0.15) is 0 Å². The lowest BCUT2D eigenvalue weighted by Crippen LogP contribution is -2.22. The molecule has 0 atom stereocenters. The number of benzene rings is 1. The number of rotatable bonds is 1. The van der Waals surface area contributed by atoms with Crippen molar-refractivity contribution >= 4 is 17.6 Å². The van der Waals surface area contributed by atoms with E-state index in [1.807, 2.05) is 19.1 Å². The molecule has 0 fully saturated rings. The lowest BCUT2D eigenvalue weighted by Gasteiger charge is -2.20. The van der Waals surface area contributed by atoms with Gasteiger partial charge in [0, 0.05) is 5.69 Å². The van der Waals surface area contributed by atoms with Gasteiger partial charge in [0.2, 0.25) is 0 Å². The van der Waals surface area contributed by atoms with Gasteiger partial charge in [-0.05, 0) is 29.5 Å². The van der Waals surface area contributed by atoms with Gasteiger partial charge in [-0.1, -0.05) is 32.9 Å². The predicted octanol–water partition coefficient (Wildman–Crippen LogP) is 2.32. The van der Waals surface area contributed by atoms with Gasteiger partial charge in [-0.3, -0.25) is 4.79 Å². The highest BCUT2D eigenvalue weighted by atomic mass is 16.4. The second kappa shape index (κ2) is 4.57. The monoisotopic (exact) mass is 235 g/mol. The number of aryl methyl sites for hydroxylation is 1. The molecule has 0 unspecified atom stereocenters. The zero-order chi connectivity index (χ0) is 13.2. The zero-order valence-electron chi connectivity index (χ0n) is 10.5. The summed E-state index contributed by atoms with van der Waals surface area (Å²) in [5, 5.41) is 10.9. The molecule has 0 saturated carbocycles. The quantitative estimate of drug-likeness (QED) is 0.734. The minimum absolute atomic E-state index is 0.0279. The van der Waals surface area contributed by atoms with Crippen LogP contribution in [-0.2, 0) is 15.0 Å². The van der Waals surface area contributed by atoms with Gasteiger partial charge in [0.1, 0.15) is 0 Å². The van der Waals surface area contributed by atoms with Crippen LogP contribution in [0.3, 0.4) is 0 Å². The highest BCUT2D eigenvalue weighted by molar-refractivity contribution is 6.36. The Kier molecular flexibility index (Phi) is 3.56. The number of aliphatic carboxylic acids is 1. The van der Waals surface area contributed by atoms with E-state index < -0.39 is 11.9 Å². The molecule has 0 aliphatic rings. The number of nitrogens with one attached hydrogen (secondary N) is 1. The Morgan fingerprint density at radius 3 is 2.24 bits per heavy atom. The van der Waals surface area contributed by atoms with Crippen LogP contribution in [0.1, 0.15) is 31.9 Å². The van der Waals surface area contributed by atoms with Crippen LogP contribution in [0, 0.1) is 6.92 Å². The maximum Gasteiger partial charge on any atom is 0.394 e. The summed E-state index contributed by atoms with van der Waals surface area (Å²) in [5.41, 5.74) is 2.56. The molecule has 0 heterocycles. The number of hydrogen-bond donors (Lipinski definition) is 2. The Morgan fingerprint density at radius 2 is 1.82 bits per heavy atom. The summed E-state index contributed by atoms with van der Waals surface area (Å²) in [6.45, 7) is 8.12. The first kappa shape index (κ1) is 13.2. The third-order valence-corrected chi connectivity index (χ3v) is 2.53. The van der Waals surface area contributed by atoms with Crippen LogP contribution in [0.15, 0.2) is 18.2 Å². The van der Waals surface area contributed by atoms with Crippen LogP contribution < -0.4 is 5.32 Å². The Morgan fingerprint density at radius 1 is 1.24 bits per heavy atom. The van der Waals surface area contributed by atoms with Gasteiger partial charge < -0.3 is 10.4 Å². The number of anilines is 1. The van der Waals surface area contributed by atoms with Gasteiger partial charge in [-0.15, -0.1) is 0 Å². The summed E-state index contributed by atoms with van der Waals surface area (Å²) < 4.78 is 0. The van der Waals surface area contributed by atoms with Crippen molar-refractivity contribution in [3.8, 4) is 0 Å². The summed E-state index contributed by atoms with van der Waals surface area (Å²) in [5.74, 6) is -2.50. The number of amides is 1. The number of carbonyl (C=O) groups is 2. The number of carboxylic acids is 1.